The molecule has 1 fully saturated rings. The van der Waals surface area contributed by atoms with Gasteiger partial charge in [0.25, 0.3) is 0 Å². The van der Waals surface area contributed by atoms with Gasteiger partial charge in [0.2, 0.25) is 5.91 Å². The summed E-state index contributed by atoms with van der Waals surface area (Å²) in [7, 11) is 0. The number of halogens is 1. The van der Waals surface area contributed by atoms with Gasteiger partial charge in [0.15, 0.2) is 5.78 Å². The van der Waals surface area contributed by atoms with Crippen molar-refractivity contribution in [3.63, 3.8) is 0 Å². The molecule has 1 N–H and O–H groups in total. The first-order valence-corrected chi connectivity index (χ1v) is 9.25. The van der Waals surface area contributed by atoms with Crippen LogP contribution in [0.2, 0.25) is 5.02 Å². The van der Waals surface area contributed by atoms with E-state index in [1.807, 2.05) is 36.4 Å². The molecule has 3 rings (SSSR count). The Morgan fingerprint density at radius 2 is 1.85 bits per heavy atom. The zero-order valence-electron chi connectivity index (χ0n) is 14.8. The molecule has 6 heteroatoms. The molecule has 0 aromatic heterocycles. The maximum Gasteiger partial charge on any atom is 0.238 e. The summed E-state index contributed by atoms with van der Waals surface area (Å²) in [5.41, 5.74) is 1.70. The van der Waals surface area contributed by atoms with Gasteiger partial charge < -0.3 is 5.32 Å². The van der Waals surface area contributed by atoms with Gasteiger partial charge in [-0.2, -0.15) is 5.26 Å². The van der Waals surface area contributed by atoms with Crippen molar-refractivity contribution in [3.8, 4) is 6.07 Å². The number of carbonyl (C=O) groups is 2. The molecule has 2 aromatic rings. The minimum Gasteiger partial charge on any atom is -0.325 e. The molecular weight excluding hydrogens is 362 g/mol. The molecule has 1 saturated heterocycles. The summed E-state index contributed by atoms with van der Waals surface area (Å²) in [5, 5.41) is 12.0. The number of amides is 1. The molecule has 1 heterocycles. The fourth-order valence-electron chi connectivity index (χ4n) is 3.28. The van der Waals surface area contributed by atoms with Crippen molar-refractivity contribution in [3.05, 3.63) is 64.7 Å². The lowest BCUT2D eigenvalue weighted by Gasteiger charge is -2.30. The van der Waals surface area contributed by atoms with E-state index in [4.69, 9.17) is 16.9 Å². The quantitative estimate of drug-likeness (QED) is 0.800. The van der Waals surface area contributed by atoms with E-state index in [0.29, 0.717) is 29.4 Å². The normalized spacial score (nSPS) is 15.1. The monoisotopic (exact) mass is 381 g/mol. The maximum absolute atomic E-state index is 12.5. The third-order valence-electron chi connectivity index (χ3n) is 4.76. The van der Waals surface area contributed by atoms with Gasteiger partial charge in [-0.15, -0.1) is 0 Å². The molecule has 1 aliphatic heterocycles. The van der Waals surface area contributed by atoms with Crippen LogP contribution in [0.5, 0.6) is 0 Å². The van der Waals surface area contributed by atoms with Gasteiger partial charge in [-0.1, -0.05) is 41.9 Å². The number of Topliss-reactive ketones (excluding diaryl/α,β-unsaturated/α-hetero) is 1. The fraction of sp³-hybridized carbons (Fsp3) is 0.286. The molecule has 1 aliphatic rings. The van der Waals surface area contributed by atoms with E-state index < -0.39 is 0 Å². The highest BCUT2D eigenvalue weighted by atomic mass is 35.5. The Kier molecular flexibility index (Phi) is 6.23. The summed E-state index contributed by atoms with van der Waals surface area (Å²) in [4.78, 5) is 26.8. The van der Waals surface area contributed by atoms with E-state index >= 15 is 0 Å². The largest absolute Gasteiger partial charge is 0.325 e. The van der Waals surface area contributed by atoms with Crippen LogP contribution in [0.1, 0.15) is 28.8 Å². The highest BCUT2D eigenvalue weighted by molar-refractivity contribution is 6.32. The van der Waals surface area contributed by atoms with E-state index in [-0.39, 0.29) is 24.2 Å². The van der Waals surface area contributed by atoms with E-state index in [0.717, 1.165) is 18.4 Å². The Bertz CT molecular complexity index is 869. The number of likely N-dealkylation sites (tertiary alicyclic amines) is 1. The fourth-order valence-corrected chi connectivity index (χ4v) is 3.50. The van der Waals surface area contributed by atoms with Gasteiger partial charge in [0, 0.05) is 17.2 Å². The van der Waals surface area contributed by atoms with Crippen molar-refractivity contribution < 1.29 is 9.59 Å². The zero-order valence-corrected chi connectivity index (χ0v) is 15.6. The lowest BCUT2D eigenvalue weighted by molar-refractivity contribution is -0.117. The van der Waals surface area contributed by atoms with Gasteiger partial charge in [-0.3, -0.25) is 14.5 Å². The lowest BCUT2D eigenvalue weighted by atomic mass is 9.89. The molecule has 138 valence electrons. The topological polar surface area (TPSA) is 73.2 Å². The SMILES string of the molecule is N#Cc1ccc(NC(=O)CN2CCC(C(=O)c3ccccc3)CC2)cc1Cl. The molecule has 0 bridgehead atoms. The first-order chi connectivity index (χ1) is 13.1. The molecule has 2 aromatic carbocycles. The van der Waals surface area contributed by atoms with E-state index in [1.165, 1.54) is 0 Å². The van der Waals surface area contributed by atoms with Crippen molar-refractivity contribution in [1.29, 1.82) is 5.26 Å². The Hall–Kier alpha value is -2.68. The number of nitriles is 1. The zero-order chi connectivity index (χ0) is 19.2. The van der Waals surface area contributed by atoms with Crippen LogP contribution >= 0.6 is 11.6 Å². The average molecular weight is 382 g/mol. The number of rotatable bonds is 5. The van der Waals surface area contributed by atoms with Crippen molar-refractivity contribution >= 4 is 29.0 Å². The predicted molar refractivity (Wildman–Crippen MR) is 105 cm³/mol. The van der Waals surface area contributed by atoms with Crippen molar-refractivity contribution in [1.82, 2.24) is 4.90 Å². The van der Waals surface area contributed by atoms with Crippen LogP contribution in [0, 0.1) is 17.2 Å². The van der Waals surface area contributed by atoms with Crippen LogP contribution in [0.15, 0.2) is 48.5 Å². The number of hydrogen-bond acceptors (Lipinski definition) is 4. The van der Waals surface area contributed by atoms with Gasteiger partial charge in [0.1, 0.15) is 6.07 Å². The molecule has 0 unspecified atom stereocenters. The summed E-state index contributed by atoms with van der Waals surface area (Å²) in [6.45, 7) is 1.69. The number of nitrogens with zero attached hydrogens (tertiary/aromatic N) is 2. The molecular formula is C21H20ClN3O2. The van der Waals surface area contributed by atoms with Gasteiger partial charge in [-0.05, 0) is 44.1 Å². The third kappa shape index (κ3) is 4.94. The van der Waals surface area contributed by atoms with Crippen molar-refractivity contribution in [2.75, 3.05) is 25.0 Å². The van der Waals surface area contributed by atoms with Crippen molar-refractivity contribution in [2.24, 2.45) is 5.92 Å². The third-order valence-corrected chi connectivity index (χ3v) is 5.07. The lowest BCUT2D eigenvalue weighted by Crippen LogP contribution is -2.40. The average Bonchev–Trinajstić information content (AvgIpc) is 2.69. The first kappa shape index (κ1) is 19.1. The molecule has 5 nitrogen and oxygen atoms in total. The number of hydrogen-bond donors (Lipinski definition) is 1. The Morgan fingerprint density at radius 1 is 1.15 bits per heavy atom. The standard InChI is InChI=1S/C21H20ClN3O2/c22-19-12-18(7-6-17(19)13-23)24-20(26)14-25-10-8-16(9-11-25)21(27)15-4-2-1-3-5-15/h1-7,12,16H,8-11,14H2,(H,24,26). The molecule has 0 aliphatic carbocycles. The van der Waals surface area contributed by atoms with E-state index in [9.17, 15) is 9.59 Å². The summed E-state index contributed by atoms with van der Waals surface area (Å²) in [6, 6.07) is 16.2. The molecule has 0 radical (unpaired) electrons. The van der Waals surface area contributed by atoms with Crippen LogP contribution in [0.4, 0.5) is 5.69 Å². The second-order valence-corrected chi connectivity index (χ2v) is 7.04. The molecule has 27 heavy (non-hydrogen) atoms. The molecule has 0 saturated carbocycles. The second-order valence-electron chi connectivity index (χ2n) is 6.64. The predicted octanol–water partition coefficient (Wildman–Crippen LogP) is 3.75. The van der Waals surface area contributed by atoms with Crippen LogP contribution in [-0.4, -0.2) is 36.2 Å². The minimum absolute atomic E-state index is 0.0176. The van der Waals surface area contributed by atoms with Crippen LogP contribution in [0.25, 0.3) is 0 Å². The smallest absolute Gasteiger partial charge is 0.238 e. The van der Waals surface area contributed by atoms with E-state index in [1.54, 1.807) is 18.2 Å². The number of piperidine rings is 1. The number of benzene rings is 2. The van der Waals surface area contributed by atoms with Crippen molar-refractivity contribution in [2.45, 2.75) is 12.8 Å². The second kappa shape index (κ2) is 8.81. The number of ketones is 1. The van der Waals surface area contributed by atoms with Crippen LogP contribution in [-0.2, 0) is 4.79 Å². The summed E-state index contributed by atoms with van der Waals surface area (Å²) in [6.07, 6.45) is 1.51. The molecule has 0 atom stereocenters. The van der Waals surface area contributed by atoms with Gasteiger partial charge in [-0.25, -0.2) is 0 Å². The van der Waals surface area contributed by atoms with Crippen LogP contribution in [0.3, 0.4) is 0 Å². The Morgan fingerprint density at radius 3 is 2.48 bits per heavy atom. The molecule has 0 spiro atoms. The number of anilines is 1. The first-order valence-electron chi connectivity index (χ1n) is 8.88. The highest BCUT2D eigenvalue weighted by Gasteiger charge is 2.26. The Labute approximate surface area is 163 Å². The van der Waals surface area contributed by atoms with E-state index in [2.05, 4.69) is 10.2 Å². The van der Waals surface area contributed by atoms with Gasteiger partial charge >= 0.3 is 0 Å². The number of nitrogens with one attached hydrogen (secondary N) is 1. The molecule has 1 amide bonds. The summed E-state index contributed by atoms with van der Waals surface area (Å²) >= 11 is 5.98. The maximum atomic E-state index is 12.5. The summed E-state index contributed by atoms with van der Waals surface area (Å²) in [5.74, 6) is 0.0691. The van der Waals surface area contributed by atoms with Gasteiger partial charge in [0.05, 0.1) is 17.1 Å². The number of carbonyl (C=O) groups excluding carboxylic acids is 2. The van der Waals surface area contributed by atoms with Crippen LogP contribution < -0.4 is 5.32 Å². The minimum atomic E-state index is -0.136. The highest BCUT2D eigenvalue weighted by Crippen LogP contribution is 2.22. The Balaban J connectivity index is 1.49. The summed E-state index contributed by atoms with van der Waals surface area (Å²) < 4.78 is 0.